The molecule has 0 radical (unpaired) electrons. The van der Waals surface area contributed by atoms with Crippen molar-refractivity contribution in [3.05, 3.63) is 70.7 Å². The summed E-state index contributed by atoms with van der Waals surface area (Å²) in [6, 6.07) is 15.1. The van der Waals surface area contributed by atoms with Crippen molar-refractivity contribution in [2.45, 2.75) is 18.9 Å². The molecule has 3 amide bonds. The van der Waals surface area contributed by atoms with Crippen molar-refractivity contribution in [1.82, 2.24) is 15.1 Å². The second-order valence-corrected chi connectivity index (χ2v) is 8.83. The van der Waals surface area contributed by atoms with Crippen molar-refractivity contribution in [3.8, 4) is 0 Å². The molecule has 0 aromatic heterocycles. The molecule has 0 spiro atoms. The minimum atomic E-state index is -0.636. The summed E-state index contributed by atoms with van der Waals surface area (Å²) in [6.45, 7) is 3.09. The number of nitrogens with one attached hydrogen (secondary N) is 1. The second-order valence-electron chi connectivity index (χ2n) is 8.39. The number of carbonyl (C=O) groups is 3. The van der Waals surface area contributed by atoms with E-state index in [1.54, 1.807) is 58.3 Å². The minimum Gasteiger partial charge on any atom is -0.378 e. The lowest BCUT2D eigenvalue weighted by Gasteiger charge is -2.38. The normalized spacial score (nSPS) is 18.0. The van der Waals surface area contributed by atoms with Gasteiger partial charge in [-0.3, -0.25) is 14.4 Å². The lowest BCUT2D eigenvalue weighted by Crippen LogP contribution is -2.56. The number of ether oxygens (including phenoxy) is 1. The van der Waals surface area contributed by atoms with Crippen LogP contribution in [0.3, 0.4) is 0 Å². The molecule has 0 saturated carbocycles. The number of likely N-dealkylation sites (tertiary alicyclic amines) is 1. The molecule has 33 heavy (non-hydrogen) atoms. The van der Waals surface area contributed by atoms with Crippen LogP contribution in [0.4, 0.5) is 0 Å². The highest BCUT2D eigenvalue weighted by Gasteiger charge is 2.36. The van der Waals surface area contributed by atoms with Gasteiger partial charge in [0.1, 0.15) is 6.04 Å². The molecule has 2 fully saturated rings. The summed E-state index contributed by atoms with van der Waals surface area (Å²) >= 11 is 5.93. The van der Waals surface area contributed by atoms with E-state index in [4.69, 9.17) is 16.3 Å². The highest BCUT2D eigenvalue weighted by molar-refractivity contribution is 6.30. The van der Waals surface area contributed by atoms with Crippen LogP contribution >= 0.6 is 11.6 Å². The van der Waals surface area contributed by atoms with Crippen LogP contribution in [0.2, 0.25) is 5.02 Å². The zero-order valence-electron chi connectivity index (χ0n) is 18.4. The molecule has 2 aromatic carbocycles. The summed E-state index contributed by atoms with van der Waals surface area (Å²) in [5, 5.41) is 3.58. The van der Waals surface area contributed by atoms with Crippen LogP contribution in [0, 0.1) is 5.92 Å². The monoisotopic (exact) mass is 469 g/mol. The third-order valence-electron chi connectivity index (χ3n) is 6.30. The number of benzene rings is 2. The SMILES string of the molecule is O=C(NC(C(=O)N1CCOCC1)C1CCN(C(=O)c2ccc(Cl)cc2)CC1)c1ccccc1. The number of nitrogens with zero attached hydrogens (tertiary/aromatic N) is 2. The molecule has 2 aliphatic rings. The topological polar surface area (TPSA) is 79.0 Å². The quantitative estimate of drug-likeness (QED) is 0.730. The van der Waals surface area contributed by atoms with Crippen molar-refractivity contribution >= 4 is 29.3 Å². The molecule has 0 bridgehead atoms. The van der Waals surface area contributed by atoms with Gasteiger partial charge in [-0.05, 0) is 55.2 Å². The van der Waals surface area contributed by atoms with Crippen LogP contribution in [0.25, 0.3) is 0 Å². The van der Waals surface area contributed by atoms with Gasteiger partial charge in [0.2, 0.25) is 5.91 Å². The van der Waals surface area contributed by atoms with Crippen molar-refractivity contribution in [1.29, 1.82) is 0 Å². The van der Waals surface area contributed by atoms with Gasteiger partial charge < -0.3 is 19.9 Å². The number of carbonyl (C=O) groups excluding carboxylic acids is 3. The van der Waals surface area contributed by atoms with Crippen molar-refractivity contribution in [2.24, 2.45) is 5.92 Å². The largest absolute Gasteiger partial charge is 0.378 e. The van der Waals surface area contributed by atoms with E-state index in [1.807, 2.05) is 6.07 Å². The Bertz CT molecular complexity index is 969. The van der Waals surface area contributed by atoms with Crippen molar-refractivity contribution < 1.29 is 19.1 Å². The average Bonchev–Trinajstić information content (AvgIpc) is 2.88. The van der Waals surface area contributed by atoms with Gasteiger partial charge in [0, 0.05) is 42.3 Å². The predicted molar refractivity (Wildman–Crippen MR) is 125 cm³/mol. The zero-order valence-corrected chi connectivity index (χ0v) is 19.2. The van der Waals surface area contributed by atoms with E-state index in [2.05, 4.69) is 5.32 Å². The first-order valence-corrected chi connectivity index (χ1v) is 11.7. The Morgan fingerprint density at radius 1 is 0.848 bits per heavy atom. The molecule has 2 aromatic rings. The summed E-state index contributed by atoms with van der Waals surface area (Å²) in [7, 11) is 0. The van der Waals surface area contributed by atoms with E-state index in [9.17, 15) is 14.4 Å². The number of morpholine rings is 1. The van der Waals surface area contributed by atoms with Crippen LogP contribution < -0.4 is 5.32 Å². The maximum Gasteiger partial charge on any atom is 0.253 e. The number of hydrogen-bond donors (Lipinski definition) is 1. The number of piperidine rings is 1. The Kier molecular flexibility index (Phi) is 7.62. The van der Waals surface area contributed by atoms with Gasteiger partial charge in [-0.25, -0.2) is 0 Å². The smallest absolute Gasteiger partial charge is 0.253 e. The first kappa shape index (κ1) is 23.3. The molecule has 2 heterocycles. The maximum atomic E-state index is 13.4. The lowest BCUT2D eigenvalue weighted by molar-refractivity contribution is -0.139. The van der Waals surface area contributed by atoms with Gasteiger partial charge >= 0.3 is 0 Å². The molecule has 0 aliphatic carbocycles. The van der Waals surface area contributed by atoms with E-state index in [0.29, 0.717) is 68.4 Å². The Morgan fingerprint density at radius 2 is 1.48 bits per heavy atom. The van der Waals surface area contributed by atoms with Gasteiger partial charge in [-0.1, -0.05) is 29.8 Å². The van der Waals surface area contributed by atoms with E-state index in [1.165, 1.54) is 0 Å². The fraction of sp³-hybridized carbons (Fsp3) is 0.400. The summed E-state index contributed by atoms with van der Waals surface area (Å²) in [5.41, 5.74) is 1.11. The van der Waals surface area contributed by atoms with E-state index in [-0.39, 0.29) is 23.6 Å². The molecule has 1 N–H and O–H groups in total. The maximum absolute atomic E-state index is 13.4. The Morgan fingerprint density at radius 3 is 2.12 bits per heavy atom. The molecule has 2 saturated heterocycles. The summed E-state index contributed by atoms with van der Waals surface area (Å²) in [6.07, 6.45) is 1.27. The van der Waals surface area contributed by atoms with Gasteiger partial charge in [-0.2, -0.15) is 0 Å². The van der Waals surface area contributed by atoms with Crippen LogP contribution in [0.15, 0.2) is 54.6 Å². The van der Waals surface area contributed by atoms with Crippen molar-refractivity contribution in [2.75, 3.05) is 39.4 Å². The van der Waals surface area contributed by atoms with Gasteiger partial charge in [0.05, 0.1) is 13.2 Å². The molecule has 4 rings (SSSR count). The molecule has 1 atom stereocenters. The molecule has 2 aliphatic heterocycles. The number of halogens is 1. The van der Waals surface area contributed by atoms with Crippen LogP contribution in [0.1, 0.15) is 33.6 Å². The summed E-state index contributed by atoms with van der Waals surface area (Å²) in [5.74, 6) is -0.441. The summed E-state index contributed by atoms with van der Waals surface area (Å²) in [4.78, 5) is 42.7. The number of rotatable bonds is 5. The molecular formula is C25H28ClN3O4. The molecule has 7 nitrogen and oxygen atoms in total. The third kappa shape index (κ3) is 5.72. The first-order valence-electron chi connectivity index (χ1n) is 11.3. The van der Waals surface area contributed by atoms with Gasteiger partial charge in [-0.15, -0.1) is 0 Å². The van der Waals surface area contributed by atoms with E-state index in [0.717, 1.165) is 0 Å². The standard InChI is InChI=1S/C25H28ClN3O4/c26-21-8-6-20(7-9-21)24(31)28-12-10-18(11-13-28)22(25(32)29-14-16-33-17-15-29)27-23(30)19-4-2-1-3-5-19/h1-9,18,22H,10-17H2,(H,27,30). The molecular weight excluding hydrogens is 442 g/mol. The second kappa shape index (κ2) is 10.8. The lowest BCUT2D eigenvalue weighted by atomic mass is 9.87. The minimum absolute atomic E-state index is 0.0468. The number of hydrogen-bond acceptors (Lipinski definition) is 4. The molecule has 174 valence electrons. The highest BCUT2D eigenvalue weighted by Crippen LogP contribution is 2.24. The molecule has 8 heteroatoms. The van der Waals surface area contributed by atoms with Crippen LogP contribution in [-0.2, 0) is 9.53 Å². The predicted octanol–water partition coefficient (Wildman–Crippen LogP) is 2.85. The van der Waals surface area contributed by atoms with Crippen molar-refractivity contribution in [3.63, 3.8) is 0 Å². The third-order valence-corrected chi connectivity index (χ3v) is 6.55. The first-order chi connectivity index (χ1) is 16.0. The fourth-order valence-corrected chi connectivity index (χ4v) is 4.51. The average molecular weight is 470 g/mol. The summed E-state index contributed by atoms with van der Waals surface area (Å²) < 4.78 is 5.38. The fourth-order valence-electron chi connectivity index (χ4n) is 4.39. The van der Waals surface area contributed by atoms with Crippen LogP contribution in [0.5, 0.6) is 0 Å². The Hall–Kier alpha value is -2.90. The van der Waals surface area contributed by atoms with Crippen LogP contribution in [-0.4, -0.2) is 73.0 Å². The number of amides is 3. The van der Waals surface area contributed by atoms with E-state index >= 15 is 0 Å². The highest BCUT2D eigenvalue weighted by atomic mass is 35.5. The zero-order chi connectivity index (χ0) is 23.2. The van der Waals surface area contributed by atoms with Gasteiger partial charge in [0.15, 0.2) is 0 Å². The van der Waals surface area contributed by atoms with E-state index < -0.39 is 6.04 Å². The molecule has 1 unspecified atom stereocenters. The Labute approximate surface area is 198 Å². The van der Waals surface area contributed by atoms with Gasteiger partial charge in [0.25, 0.3) is 11.8 Å². The Balaban J connectivity index is 1.45.